The van der Waals surface area contributed by atoms with Gasteiger partial charge in [-0.2, -0.15) is 0 Å². The summed E-state index contributed by atoms with van der Waals surface area (Å²) in [4.78, 5) is 2.79. The zero-order chi connectivity index (χ0) is 11.2. The van der Waals surface area contributed by atoms with E-state index in [9.17, 15) is 0 Å². The van der Waals surface area contributed by atoms with Crippen LogP contribution in [-0.2, 0) is 0 Å². The molecular formula is C14H26N2. The molecule has 3 aliphatic rings. The van der Waals surface area contributed by atoms with Crippen LogP contribution in [0.25, 0.3) is 0 Å². The minimum atomic E-state index is 0.379. The predicted octanol–water partition coefficient (Wildman–Crippen LogP) is 2.24. The summed E-state index contributed by atoms with van der Waals surface area (Å²) < 4.78 is 0. The van der Waals surface area contributed by atoms with Crippen molar-refractivity contribution in [3.05, 3.63) is 0 Å². The van der Waals surface area contributed by atoms with Crippen LogP contribution >= 0.6 is 0 Å². The molecule has 3 rings (SSSR count). The molecule has 3 unspecified atom stereocenters. The third-order valence-corrected chi connectivity index (χ3v) is 5.66. The maximum absolute atomic E-state index is 6.15. The summed E-state index contributed by atoms with van der Waals surface area (Å²) in [6, 6.07) is 0. The molecule has 0 amide bonds. The Labute approximate surface area is 99.6 Å². The molecule has 2 heteroatoms. The lowest BCUT2D eigenvalue weighted by Crippen LogP contribution is -2.54. The highest BCUT2D eigenvalue weighted by Crippen LogP contribution is 2.49. The van der Waals surface area contributed by atoms with Gasteiger partial charge in [0.2, 0.25) is 0 Å². The van der Waals surface area contributed by atoms with E-state index < -0.39 is 0 Å². The lowest BCUT2D eigenvalue weighted by atomic mass is 9.88. The van der Waals surface area contributed by atoms with Gasteiger partial charge >= 0.3 is 0 Å². The molecule has 3 fully saturated rings. The van der Waals surface area contributed by atoms with E-state index in [0.717, 1.165) is 24.3 Å². The first kappa shape index (κ1) is 11.0. The van der Waals surface area contributed by atoms with E-state index >= 15 is 0 Å². The van der Waals surface area contributed by atoms with Gasteiger partial charge in [0, 0.05) is 25.2 Å². The van der Waals surface area contributed by atoms with Crippen LogP contribution in [0.15, 0.2) is 0 Å². The maximum Gasteiger partial charge on any atom is 0.0357 e. The molecule has 0 spiro atoms. The van der Waals surface area contributed by atoms with E-state index in [-0.39, 0.29) is 0 Å². The summed E-state index contributed by atoms with van der Waals surface area (Å²) in [5.41, 5.74) is 6.53. The third kappa shape index (κ3) is 1.53. The molecule has 16 heavy (non-hydrogen) atoms. The Morgan fingerprint density at radius 3 is 2.19 bits per heavy atom. The van der Waals surface area contributed by atoms with Crippen molar-refractivity contribution in [1.29, 1.82) is 0 Å². The fourth-order valence-corrected chi connectivity index (χ4v) is 4.43. The average Bonchev–Trinajstić information content (AvgIpc) is 2.90. The summed E-state index contributed by atoms with van der Waals surface area (Å²) >= 11 is 0. The van der Waals surface area contributed by atoms with Crippen LogP contribution in [0.1, 0.15) is 45.4 Å². The van der Waals surface area contributed by atoms with Gasteiger partial charge in [-0.3, -0.25) is 4.90 Å². The summed E-state index contributed by atoms with van der Waals surface area (Å²) in [7, 11) is 0. The lowest BCUT2D eigenvalue weighted by Gasteiger charge is -2.42. The Kier molecular flexibility index (Phi) is 2.75. The van der Waals surface area contributed by atoms with Crippen molar-refractivity contribution in [3.63, 3.8) is 0 Å². The van der Waals surface area contributed by atoms with Crippen LogP contribution < -0.4 is 5.73 Å². The number of fused-ring (bicyclic) bond motifs is 1. The van der Waals surface area contributed by atoms with Gasteiger partial charge in [-0.1, -0.05) is 13.3 Å². The van der Waals surface area contributed by atoms with Crippen LogP contribution in [0, 0.1) is 17.8 Å². The van der Waals surface area contributed by atoms with Gasteiger partial charge in [-0.15, -0.1) is 0 Å². The number of hydrogen-bond acceptors (Lipinski definition) is 2. The first-order valence-corrected chi connectivity index (χ1v) is 7.25. The van der Waals surface area contributed by atoms with Crippen LogP contribution in [0.3, 0.4) is 0 Å². The molecular weight excluding hydrogens is 196 g/mol. The molecule has 2 nitrogen and oxygen atoms in total. The zero-order valence-electron chi connectivity index (χ0n) is 10.6. The minimum Gasteiger partial charge on any atom is -0.329 e. The van der Waals surface area contributed by atoms with Crippen LogP contribution in [0.5, 0.6) is 0 Å². The molecule has 0 aromatic rings. The highest BCUT2D eigenvalue weighted by Gasteiger charge is 2.51. The second-order valence-corrected chi connectivity index (χ2v) is 6.29. The number of nitrogens with two attached hydrogens (primary N) is 1. The van der Waals surface area contributed by atoms with Crippen molar-refractivity contribution >= 4 is 0 Å². The van der Waals surface area contributed by atoms with Crippen LogP contribution in [0.2, 0.25) is 0 Å². The molecule has 0 radical (unpaired) electrons. The largest absolute Gasteiger partial charge is 0.329 e. The van der Waals surface area contributed by atoms with E-state index in [1.54, 1.807) is 0 Å². The Hall–Kier alpha value is -0.0800. The first-order valence-electron chi connectivity index (χ1n) is 7.25. The highest BCUT2D eigenvalue weighted by molar-refractivity contribution is 5.06. The molecule has 1 heterocycles. The third-order valence-electron chi connectivity index (χ3n) is 5.66. The van der Waals surface area contributed by atoms with Crippen molar-refractivity contribution in [3.8, 4) is 0 Å². The van der Waals surface area contributed by atoms with Gasteiger partial charge in [0.05, 0.1) is 0 Å². The molecule has 2 N–H and O–H groups in total. The van der Waals surface area contributed by atoms with Gasteiger partial charge in [-0.05, 0) is 49.9 Å². The fourth-order valence-electron chi connectivity index (χ4n) is 4.43. The van der Waals surface area contributed by atoms with Crippen LogP contribution in [0.4, 0.5) is 0 Å². The Balaban J connectivity index is 1.75. The Morgan fingerprint density at radius 1 is 1.12 bits per heavy atom. The maximum atomic E-state index is 6.15. The summed E-state index contributed by atoms with van der Waals surface area (Å²) in [6.45, 7) is 5.94. The van der Waals surface area contributed by atoms with Gasteiger partial charge in [-0.25, -0.2) is 0 Å². The lowest BCUT2D eigenvalue weighted by molar-refractivity contribution is 0.0854. The van der Waals surface area contributed by atoms with Crippen molar-refractivity contribution < 1.29 is 0 Å². The second kappa shape index (κ2) is 3.99. The highest BCUT2D eigenvalue weighted by atomic mass is 15.2. The number of nitrogens with zero attached hydrogens (tertiary/aromatic N) is 1. The SMILES string of the molecule is CCC(CN)(C1CC1)N1CC2CCCC2C1. The number of rotatable bonds is 4. The standard InChI is InChI=1S/C14H26N2/c1-2-14(10-15,13-6-7-13)16-8-11-4-3-5-12(11)9-16/h11-13H,2-10,15H2,1H3. The van der Waals surface area contributed by atoms with Crippen molar-refractivity contribution in [1.82, 2.24) is 4.90 Å². The minimum absolute atomic E-state index is 0.379. The summed E-state index contributed by atoms with van der Waals surface area (Å²) in [5, 5.41) is 0. The fraction of sp³-hybridized carbons (Fsp3) is 1.00. The molecule has 2 saturated carbocycles. The van der Waals surface area contributed by atoms with Crippen LogP contribution in [-0.4, -0.2) is 30.1 Å². The van der Waals surface area contributed by atoms with Crippen molar-refractivity contribution in [2.45, 2.75) is 51.0 Å². The summed E-state index contributed by atoms with van der Waals surface area (Å²) in [6.07, 6.45) is 8.56. The van der Waals surface area contributed by atoms with E-state index in [1.807, 2.05) is 0 Å². The Bertz CT molecular complexity index is 243. The van der Waals surface area contributed by atoms with Gasteiger partial charge in [0.25, 0.3) is 0 Å². The second-order valence-electron chi connectivity index (χ2n) is 6.29. The van der Waals surface area contributed by atoms with E-state index in [0.29, 0.717) is 5.54 Å². The predicted molar refractivity (Wildman–Crippen MR) is 67.2 cm³/mol. The van der Waals surface area contributed by atoms with E-state index in [2.05, 4.69) is 11.8 Å². The molecule has 1 saturated heterocycles. The molecule has 2 aliphatic carbocycles. The smallest absolute Gasteiger partial charge is 0.0357 e. The van der Waals surface area contributed by atoms with E-state index in [4.69, 9.17) is 5.73 Å². The normalized spacial score (nSPS) is 38.6. The molecule has 3 atom stereocenters. The van der Waals surface area contributed by atoms with Crippen molar-refractivity contribution in [2.24, 2.45) is 23.5 Å². The molecule has 0 aromatic heterocycles. The molecule has 0 aromatic carbocycles. The molecule has 1 aliphatic heterocycles. The van der Waals surface area contributed by atoms with Crippen molar-refractivity contribution in [2.75, 3.05) is 19.6 Å². The number of likely N-dealkylation sites (tertiary alicyclic amines) is 1. The van der Waals surface area contributed by atoms with E-state index in [1.165, 1.54) is 51.6 Å². The number of hydrogen-bond donors (Lipinski definition) is 1. The summed E-state index contributed by atoms with van der Waals surface area (Å²) in [5.74, 6) is 2.94. The monoisotopic (exact) mass is 222 g/mol. The average molecular weight is 222 g/mol. The molecule has 0 bridgehead atoms. The molecule has 92 valence electrons. The Morgan fingerprint density at radius 2 is 1.75 bits per heavy atom. The van der Waals surface area contributed by atoms with Gasteiger partial charge < -0.3 is 5.73 Å². The van der Waals surface area contributed by atoms with Gasteiger partial charge in [0.1, 0.15) is 0 Å². The topological polar surface area (TPSA) is 29.3 Å². The first-order chi connectivity index (χ1) is 7.80. The quantitative estimate of drug-likeness (QED) is 0.790. The van der Waals surface area contributed by atoms with Gasteiger partial charge in [0.15, 0.2) is 0 Å². The zero-order valence-corrected chi connectivity index (χ0v) is 10.6.